The van der Waals surface area contributed by atoms with Gasteiger partial charge in [0, 0.05) is 6.54 Å². The minimum Gasteiger partial charge on any atom is -0.495 e. The number of hydrogen-bond acceptors (Lipinski definition) is 5. The Bertz CT molecular complexity index is 590. The summed E-state index contributed by atoms with van der Waals surface area (Å²) in [6.07, 6.45) is -4.72. The maximum atomic E-state index is 12.4. The van der Waals surface area contributed by atoms with Crippen LogP contribution >= 0.6 is 0 Å². The van der Waals surface area contributed by atoms with Gasteiger partial charge in [0.15, 0.2) is 0 Å². The molecule has 21 heavy (non-hydrogen) atoms. The van der Waals surface area contributed by atoms with Gasteiger partial charge in [0.25, 0.3) is 0 Å². The van der Waals surface area contributed by atoms with Crippen LogP contribution in [0.2, 0.25) is 0 Å². The van der Waals surface area contributed by atoms with E-state index in [1.165, 1.54) is 13.2 Å². The molecular weight excluding hydrogens is 313 g/mol. The van der Waals surface area contributed by atoms with E-state index < -0.39 is 40.8 Å². The van der Waals surface area contributed by atoms with E-state index >= 15 is 0 Å². The van der Waals surface area contributed by atoms with Crippen molar-refractivity contribution in [2.75, 3.05) is 32.5 Å². The second-order valence-electron chi connectivity index (χ2n) is 4.08. The predicted octanol–water partition coefficient (Wildman–Crippen LogP) is 0.823. The average molecular weight is 328 g/mol. The lowest BCUT2D eigenvalue weighted by Crippen LogP contribution is -2.40. The molecule has 0 saturated heterocycles. The Hall–Kier alpha value is -1.52. The number of nitrogen functional groups attached to an aromatic ring is 1. The van der Waals surface area contributed by atoms with Gasteiger partial charge in [0.2, 0.25) is 10.0 Å². The van der Waals surface area contributed by atoms with E-state index in [0.29, 0.717) is 0 Å². The van der Waals surface area contributed by atoms with E-state index in [1.807, 2.05) is 0 Å². The number of nitrogens with zero attached hydrogens (tertiary/aromatic N) is 1. The zero-order valence-electron chi connectivity index (χ0n) is 11.1. The highest BCUT2D eigenvalue weighted by atomic mass is 32.2. The largest absolute Gasteiger partial charge is 0.495 e. The number of hydrogen-bond donors (Lipinski definition) is 2. The molecule has 0 aliphatic heterocycles. The zero-order valence-corrected chi connectivity index (χ0v) is 11.9. The van der Waals surface area contributed by atoms with Crippen molar-refractivity contribution < 1.29 is 31.4 Å². The van der Waals surface area contributed by atoms with Crippen molar-refractivity contribution in [3.8, 4) is 5.75 Å². The summed E-state index contributed by atoms with van der Waals surface area (Å²) in [6, 6.07) is 3.34. The highest BCUT2D eigenvalue weighted by molar-refractivity contribution is 7.89. The van der Waals surface area contributed by atoms with Crippen LogP contribution in [-0.4, -0.2) is 50.8 Å². The van der Waals surface area contributed by atoms with Crippen molar-refractivity contribution >= 4 is 15.7 Å². The minimum atomic E-state index is -4.72. The number of aliphatic hydroxyl groups is 1. The molecule has 0 heterocycles. The molecule has 0 saturated carbocycles. The number of aliphatic hydroxyl groups excluding tert-OH is 1. The van der Waals surface area contributed by atoms with Crippen LogP contribution in [0.15, 0.2) is 23.1 Å². The van der Waals surface area contributed by atoms with Crippen LogP contribution in [0.5, 0.6) is 5.75 Å². The quantitative estimate of drug-likeness (QED) is 0.754. The first kappa shape index (κ1) is 17.5. The van der Waals surface area contributed by atoms with Crippen molar-refractivity contribution in [2.24, 2.45) is 0 Å². The molecule has 0 atom stereocenters. The number of halogens is 3. The summed E-state index contributed by atoms with van der Waals surface area (Å²) in [5.74, 6) is 0.207. The molecule has 0 spiro atoms. The van der Waals surface area contributed by atoms with Crippen LogP contribution in [0.3, 0.4) is 0 Å². The Kier molecular flexibility index (Phi) is 5.42. The van der Waals surface area contributed by atoms with Crippen LogP contribution < -0.4 is 10.5 Å². The van der Waals surface area contributed by atoms with Gasteiger partial charge < -0.3 is 15.6 Å². The molecule has 10 heteroatoms. The highest BCUT2D eigenvalue weighted by Gasteiger charge is 2.36. The Labute approximate surface area is 120 Å². The molecule has 0 fully saturated rings. The molecule has 0 bridgehead atoms. The lowest BCUT2D eigenvalue weighted by molar-refractivity contribution is -0.136. The van der Waals surface area contributed by atoms with E-state index in [0.717, 1.165) is 12.1 Å². The van der Waals surface area contributed by atoms with Gasteiger partial charge in [-0.05, 0) is 18.2 Å². The first-order valence-corrected chi connectivity index (χ1v) is 7.17. The number of benzene rings is 1. The molecule has 3 N–H and O–H groups in total. The number of anilines is 1. The number of nitrogens with two attached hydrogens (primary N) is 1. The van der Waals surface area contributed by atoms with Crippen molar-refractivity contribution in [1.29, 1.82) is 0 Å². The molecule has 0 aliphatic carbocycles. The summed E-state index contributed by atoms with van der Waals surface area (Å²) < 4.78 is 66.7. The van der Waals surface area contributed by atoms with Crippen molar-refractivity contribution in [3.05, 3.63) is 18.2 Å². The molecule has 0 aliphatic rings. The molecule has 0 unspecified atom stereocenters. The SMILES string of the molecule is COc1ccc(S(=O)(=O)N(CCO)CC(F)(F)F)cc1N. The minimum absolute atomic E-state index is 0.0190. The Balaban J connectivity index is 3.19. The van der Waals surface area contributed by atoms with Crippen LogP contribution in [0.1, 0.15) is 0 Å². The summed E-state index contributed by atoms with van der Waals surface area (Å²) in [4.78, 5) is -0.404. The standard InChI is InChI=1S/C11H15F3N2O4S/c1-20-10-3-2-8(6-9(10)15)21(18,19)16(4-5-17)7-11(12,13)14/h2-3,6,17H,4-5,7,15H2,1H3. The van der Waals surface area contributed by atoms with E-state index in [-0.39, 0.29) is 15.7 Å². The van der Waals surface area contributed by atoms with Gasteiger partial charge in [-0.1, -0.05) is 0 Å². The van der Waals surface area contributed by atoms with E-state index in [2.05, 4.69) is 0 Å². The van der Waals surface area contributed by atoms with E-state index in [9.17, 15) is 21.6 Å². The van der Waals surface area contributed by atoms with Crippen LogP contribution in [-0.2, 0) is 10.0 Å². The fourth-order valence-electron chi connectivity index (χ4n) is 1.62. The number of ether oxygens (including phenoxy) is 1. The summed E-state index contributed by atoms with van der Waals surface area (Å²) >= 11 is 0. The monoisotopic (exact) mass is 328 g/mol. The van der Waals surface area contributed by atoms with Gasteiger partial charge >= 0.3 is 6.18 Å². The number of methoxy groups -OCH3 is 1. The third kappa shape index (κ3) is 4.48. The van der Waals surface area contributed by atoms with Gasteiger partial charge in [-0.15, -0.1) is 0 Å². The fraction of sp³-hybridized carbons (Fsp3) is 0.455. The Morgan fingerprint density at radius 2 is 2.00 bits per heavy atom. The van der Waals surface area contributed by atoms with Crippen LogP contribution in [0, 0.1) is 0 Å². The van der Waals surface area contributed by atoms with Crippen molar-refractivity contribution in [1.82, 2.24) is 4.31 Å². The first-order valence-electron chi connectivity index (χ1n) is 5.73. The van der Waals surface area contributed by atoms with Crippen LogP contribution in [0.4, 0.5) is 18.9 Å². The fourth-order valence-corrected chi connectivity index (χ4v) is 3.07. The maximum Gasteiger partial charge on any atom is 0.402 e. The van der Waals surface area contributed by atoms with E-state index in [4.69, 9.17) is 15.6 Å². The van der Waals surface area contributed by atoms with E-state index in [1.54, 1.807) is 0 Å². The number of rotatable bonds is 6. The lowest BCUT2D eigenvalue weighted by atomic mass is 10.3. The summed E-state index contributed by atoms with van der Waals surface area (Å²) in [7, 11) is -3.11. The number of alkyl halides is 3. The summed E-state index contributed by atoms with van der Waals surface area (Å²) in [5.41, 5.74) is 5.53. The topological polar surface area (TPSA) is 92.9 Å². The Morgan fingerprint density at radius 1 is 1.38 bits per heavy atom. The van der Waals surface area contributed by atoms with Gasteiger partial charge in [0.1, 0.15) is 12.3 Å². The van der Waals surface area contributed by atoms with Crippen LogP contribution in [0.25, 0.3) is 0 Å². The Morgan fingerprint density at radius 3 is 2.43 bits per heavy atom. The second kappa shape index (κ2) is 6.50. The zero-order chi connectivity index (χ0) is 16.3. The molecule has 1 aromatic rings. The molecule has 0 amide bonds. The third-order valence-corrected chi connectivity index (χ3v) is 4.39. The molecule has 120 valence electrons. The first-order chi connectivity index (χ1) is 9.61. The lowest BCUT2D eigenvalue weighted by Gasteiger charge is -2.22. The number of sulfonamides is 1. The van der Waals surface area contributed by atoms with Crippen molar-refractivity contribution in [3.63, 3.8) is 0 Å². The normalized spacial score (nSPS) is 12.7. The average Bonchev–Trinajstić information content (AvgIpc) is 2.36. The summed E-state index contributed by atoms with van der Waals surface area (Å²) in [5, 5.41) is 8.76. The second-order valence-corrected chi connectivity index (χ2v) is 6.02. The molecule has 0 radical (unpaired) electrons. The molecular formula is C11H15F3N2O4S. The smallest absolute Gasteiger partial charge is 0.402 e. The van der Waals surface area contributed by atoms with Gasteiger partial charge in [-0.2, -0.15) is 17.5 Å². The predicted molar refractivity (Wildman–Crippen MR) is 69.3 cm³/mol. The molecule has 6 nitrogen and oxygen atoms in total. The van der Waals surface area contributed by atoms with Crippen molar-refractivity contribution in [2.45, 2.75) is 11.1 Å². The summed E-state index contributed by atoms with van der Waals surface area (Å²) in [6.45, 7) is -3.10. The maximum absolute atomic E-state index is 12.4. The third-order valence-electron chi connectivity index (χ3n) is 2.54. The molecule has 1 rings (SSSR count). The van der Waals surface area contributed by atoms with Gasteiger partial charge in [-0.25, -0.2) is 8.42 Å². The molecule has 0 aromatic heterocycles. The van der Waals surface area contributed by atoms with Gasteiger partial charge in [-0.3, -0.25) is 0 Å². The van der Waals surface area contributed by atoms with Gasteiger partial charge in [0.05, 0.1) is 24.3 Å². The molecule has 1 aromatic carbocycles. The highest BCUT2D eigenvalue weighted by Crippen LogP contribution is 2.27.